The normalized spacial score (nSPS) is 20.1. The molecular weight excluding hydrogens is 632 g/mol. The van der Waals surface area contributed by atoms with Crippen molar-refractivity contribution in [3.05, 3.63) is 89.2 Å². The van der Waals surface area contributed by atoms with Crippen LogP contribution in [0.1, 0.15) is 53.1 Å². The Morgan fingerprint density at radius 3 is 2.60 bits per heavy atom. The van der Waals surface area contributed by atoms with Crippen LogP contribution in [0.2, 0.25) is 0 Å². The number of aryl methyl sites for hydroxylation is 2. The molecule has 3 heterocycles. The van der Waals surface area contributed by atoms with Crippen molar-refractivity contribution in [3.63, 3.8) is 0 Å². The molecule has 48 heavy (non-hydrogen) atoms. The molecule has 2 aliphatic rings. The Morgan fingerprint density at radius 1 is 1.06 bits per heavy atom. The molecule has 13 heteroatoms. The first-order valence-corrected chi connectivity index (χ1v) is 18.0. The van der Waals surface area contributed by atoms with Crippen molar-refractivity contribution in [2.75, 3.05) is 52.0 Å². The summed E-state index contributed by atoms with van der Waals surface area (Å²) in [7, 11) is -0.647. The molecule has 256 valence electrons. The van der Waals surface area contributed by atoms with Crippen LogP contribution in [0, 0.1) is 6.92 Å². The molecule has 1 aromatic heterocycles. The van der Waals surface area contributed by atoms with Gasteiger partial charge in [-0.15, -0.1) is 10.2 Å². The zero-order chi connectivity index (χ0) is 33.5. The largest absolute Gasteiger partial charge is 0.497 e. The van der Waals surface area contributed by atoms with E-state index in [2.05, 4.69) is 30.8 Å². The second-order valence-electron chi connectivity index (χ2n) is 12.4. The van der Waals surface area contributed by atoms with Gasteiger partial charge in [-0.3, -0.25) is 0 Å². The number of nitrogens with zero attached hydrogens (tertiary/aromatic N) is 4. The third-order valence-corrected chi connectivity index (χ3v) is 11.0. The van der Waals surface area contributed by atoms with E-state index in [9.17, 15) is 8.42 Å². The molecule has 0 saturated carbocycles. The lowest BCUT2D eigenvalue weighted by Crippen LogP contribution is -2.48. The van der Waals surface area contributed by atoms with Crippen LogP contribution in [0.3, 0.4) is 0 Å². The lowest BCUT2D eigenvalue weighted by atomic mass is 9.83. The first-order valence-electron chi connectivity index (χ1n) is 16.4. The van der Waals surface area contributed by atoms with Crippen LogP contribution >= 0.6 is 0 Å². The van der Waals surface area contributed by atoms with Crippen molar-refractivity contribution in [2.24, 2.45) is 0 Å². The topological polar surface area (TPSA) is 141 Å². The lowest BCUT2D eigenvalue weighted by Gasteiger charge is -2.39. The third-order valence-electron chi connectivity index (χ3n) is 9.17. The van der Waals surface area contributed by atoms with Crippen LogP contribution in [-0.2, 0) is 25.7 Å². The fraction of sp³-hybridized carbons (Fsp3) is 0.457. The fourth-order valence-electron chi connectivity index (χ4n) is 6.53. The maximum Gasteiger partial charge on any atom is 0.209 e. The highest BCUT2D eigenvalue weighted by Gasteiger charge is 2.39. The predicted molar refractivity (Wildman–Crippen MR) is 181 cm³/mol. The number of aromatic nitrogens is 4. The van der Waals surface area contributed by atoms with Crippen LogP contribution in [0.4, 0.5) is 5.69 Å². The van der Waals surface area contributed by atoms with Gasteiger partial charge in [-0.2, -0.15) is 5.21 Å². The van der Waals surface area contributed by atoms with Crippen molar-refractivity contribution in [3.8, 4) is 11.5 Å². The van der Waals surface area contributed by atoms with Gasteiger partial charge >= 0.3 is 0 Å². The van der Waals surface area contributed by atoms with Crippen LogP contribution in [-0.4, -0.2) is 88.3 Å². The Morgan fingerprint density at radius 2 is 1.88 bits per heavy atom. The number of H-pyrrole nitrogens is 1. The molecular formula is C35H44N6O6S. The average molecular weight is 677 g/mol. The van der Waals surface area contributed by atoms with Crippen LogP contribution in [0.15, 0.2) is 71.6 Å². The molecule has 0 radical (unpaired) electrons. The van der Waals surface area contributed by atoms with Crippen molar-refractivity contribution >= 4 is 15.5 Å². The number of hydrogen-bond acceptors (Lipinski definition) is 11. The van der Waals surface area contributed by atoms with E-state index in [0.717, 1.165) is 54.1 Å². The fourth-order valence-corrected chi connectivity index (χ4v) is 8.09. The first kappa shape index (κ1) is 33.8. The molecule has 4 aromatic rings. The molecule has 0 aliphatic carbocycles. The monoisotopic (exact) mass is 676 g/mol. The first-order chi connectivity index (χ1) is 23.4. The SMILES string of the molecule is COCCCN1CCOc2ccc(C(O[C@H]3CN[C@@H](CCc4nn[nH]n4)C[C@@H]3c3ccc(OC)cc3)S(=O)(=O)c3ccc(C)cc3)cc21. The molecule has 0 amide bonds. The minimum atomic E-state index is -3.98. The zero-order valence-electron chi connectivity index (χ0n) is 27.7. The van der Waals surface area contributed by atoms with Gasteiger partial charge in [0.15, 0.2) is 11.3 Å². The van der Waals surface area contributed by atoms with Gasteiger partial charge in [0.2, 0.25) is 9.84 Å². The second-order valence-corrected chi connectivity index (χ2v) is 14.4. The summed E-state index contributed by atoms with van der Waals surface area (Å²) < 4.78 is 52.7. The Labute approximate surface area is 282 Å². The van der Waals surface area contributed by atoms with E-state index in [0.29, 0.717) is 44.1 Å². The van der Waals surface area contributed by atoms with E-state index < -0.39 is 21.4 Å². The summed E-state index contributed by atoms with van der Waals surface area (Å²) in [6.45, 7) is 5.07. The molecule has 1 fully saturated rings. The number of hydrogen-bond donors (Lipinski definition) is 2. The van der Waals surface area contributed by atoms with Gasteiger partial charge in [0, 0.05) is 45.2 Å². The van der Waals surface area contributed by atoms with Crippen LogP contribution in [0.5, 0.6) is 11.5 Å². The highest BCUT2D eigenvalue weighted by molar-refractivity contribution is 7.91. The van der Waals surface area contributed by atoms with Crippen molar-refractivity contribution in [1.82, 2.24) is 25.9 Å². The second kappa shape index (κ2) is 15.5. The Hall–Kier alpha value is -4.04. The number of benzene rings is 3. The highest BCUT2D eigenvalue weighted by atomic mass is 32.2. The van der Waals surface area contributed by atoms with Gasteiger partial charge in [0.05, 0.1) is 30.3 Å². The van der Waals surface area contributed by atoms with Gasteiger partial charge < -0.3 is 29.2 Å². The number of piperidine rings is 1. The molecule has 2 aliphatic heterocycles. The lowest BCUT2D eigenvalue weighted by molar-refractivity contribution is -0.00665. The summed E-state index contributed by atoms with van der Waals surface area (Å²) in [6.07, 6.45) is 2.59. The number of aromatic amines is 1. The quantitative estimate of drug-likeness (QED) is 0.184. The van der Waals surface area contributed by atoms with Crippen LogP contribution in [0.25, 0.3) is 0 Å². The highest BCUT2D eigenvalue weighted by Crippen LogP contribution is 2.41. The number of methoxy groups -OCH3 is 2. The van der Waals surface area contributed by atoms with E-state index in [1.165, 1.54) is 0 Å². The van der Waals surface area contributed by atoms with Crippen molar-refractivity contribution in [2.45, 2.75) is 61.0 Å². The number of fused-ring (bicyclic) bond motifs is 1. The minimum Gasteiger partial charge on any atom is -0.497 e. The molecule has 4 atom stereocenters. The Kier molecular flexibility index (Phi) is 10.9. The number of rotatable bonds is 14. The molecule has 3 aromatic carbocycles. The number of sulfone groups is 1. The number of anilines is 1. The van der Waals surface area contributed by atoms with Gasteiger partial charge in [-0.25, -0.2) is 8.42 Å². The molecule has 0 spiro atoms. The number of ether oxygens (including phenoxy) is 4. The number of tetrazole rings is 1. The maximum atomic E-state index is 14.6. The summed E-state index contributed by atoms with van der Waals surface area (Å²) in [6, 6.07) is 20.7. The van der Waals surface area contributed by atoms with E-state index in [4.69, 9.17) is 18.9 Å². The summed E-state index contributed by atoms with van der Waals surface area (Å²) in [5.74, 6) is 2.06. The summed E-state index contributed by atoms with van der Waals surface area (Å²) >= 11 is 0. The smallest absolute Gasteiger partial charge is 0.209 e. The van der Waals surface area contributed by atoms with Crippen molar-refractivity contribution in [1.29, 1.82) is 0 Å². The van der Waals surface area contributed by atoms with Gasteiger partial charge in [0.1, 0.15) is 18.1 Å². The molecule has 1 saturated heterocycles. The standard InChI is InChI=1S/C35H44N6O6S/c1-24-5-13-29(14-6-24)48(42,43)35(26-9-15-32-31(21-26)41(18-20-46-32)17-4-19-44-2)47-33-23-36-27(10-16-34-37-39-40-38-34)22-30(33)25-7-11-28(45-3)12-8-25/h5-9,11-15,21,27,30,33,35-36H,4,10,16-20,22-23H2,1-3H3,(H,37,38,39,40)/t27-,30+,33-,35?/m0/s1. The van der Waals surface area contributed by atoms with E-state index in [1.807, 2.05) is 61.5 Å². The Bertz CT molecular complexity index is 1720. The van der Waals surface area contributed by atoms with E-state index in [-0.39, 0.29) is 16.9 Å². The third kappa shape index (κ3) is 7.81. The van der Waals surface area contributed by atoms with Gasteiger partial charge in [-0.1, -0.05) is 41.1 Å². The minimum absolute atomic E-state index is 0.0883. The van der Waals surface area contributed by atoms with E-state index >= 15 is 0 Å². The molecule has 2 N–H and O–H groups in total. The van der Waals surface area contributed by atoms with Crippen LogP contribution < -0.4 is 19.7 Å². The summed E-state index contributed by atoms with van der Waals surface area (Å²) in [4.78, 5) is 2.44. The van der Waals surface area contributed by atoms with E-state index in [1.54, 1.807) is 26.4 Å². The molecule has 6 rings (SSSR count). The van der Waals surface area contributed by atoms with Crippen molar-refractivity contribution < 1.29 is 27.4 Å². The Balaban J connectivity index is 1.34. The van der Waals surface area contributed by atoms with Gasteiger partial charge in [-0.05, 0) is 73.7 Å². The molecule has 1 unspecified atom stereocenters. The number of nitrogens with one attached hydrogen (secondary N) is 2. The summed E-state index contributed by atoms with van der Waals surface area (Å²) in [5, 5.41) is 18.0. The zero-order valence-corrected chi connectivity index (χ0v) is 28.5. The van der Waals surface area contributed by atoms with Gasteiger partial charge in [0.25, 0.3) is 0 Å². The molecule has 12 nitrogen and oxygen atoms in total. The predicted octanol–water partition coefficient (Wildman–Crippen LogP) is 4.39. The average Bonchev–Trinajstić information content (AvgIpc) is 3.64. The molecule has 0 bridgehead atoms. The maximum absolute atomic E-state index is 14.6. The summed E-state index contributed by atoms with van der Waals surface area (Å²) in [5.41, 5.74) is 2.20.